The fraction of sp³-hybridized carbons (Fsp3) is 0.538. The number of hydrogen-bond donors (Lipinski definition) is 3. The first-order chi connectivity index (χ1) is 10.9. The van der Waals surface area contributed by atoms with Crippen molar-refractivity contribution in [3.8, 4) is 0 Å². The molecule has 3 heterocycles. The Kier molecular flexibility index (Phi) is 3.88. The van der Waals surface area contributed by atoms with Gasteiger partial charge in [-0.1, -0.05) is 0 Å². The van der Waals surface area contributed by atoms with E-state index in [4.69, 9.17) is 15.2 Å². The standard InChI is InChI=1S/C13H17N5O5/c1-5(2)22-13(21)9-7(19)8(20)12(23-9)18-4-17-6-10(14)15-3-16-11(6)18/h3-5,7-9,12,19-20H,1-2H3,(H2,14,15,16). The molecule has 4 N–H and O–H groups in total. The second-order valence-corrected chi connectivity index (χ2v) is 5.50. The smallest absolute Gasteiger partial charge is 0.338 e. The molecule has 2 aromatic heterocycles. The van der Waals surface area contributed by atoms with E-state index in [-0.39, 0.29) is 11.9 Å². The zero-order valence-corrected chi connectivity index (χ0v) is 12.5. The molecule has 4 unspecified atom stereocenters. The molecule has 4 atom stereocenters. The highest BCUT2D eigenvalue weighted by atomic mass is 16.6. The number of imidazole rings is 1. The van der Waals surface area contributed by atoms with Crippen LogP contribution in [-0.2, 0) is 14.3 Å². The number of esters is 1. The van der Waals surface area contributed by atoms with Gasteiger partial charge in [-0.05, 0) is 13.8 Å². The molecule has 3 rings (SSSR count). The molecule has 0 saturated carbocycles. The van der Waals surface area contributed by atoms with Gasteiger partial charge in [0.25, 0.3) is 0 Å². The molecule has 10 nitrogen and oxygen atoms in total. The number of aliphatic hydroxyl groups excluding tert-OH is 2. The van der Waals surface area contributed by atoms with E-state index in [1.165, 1.54) is 17.2 Å². The number of aliphatic hydroxyl groups is 2. The van der Waals surface area contributed by atoms with Crippen LogP contribution in [0.2, 0.25) is 0 Å². The summed E-state index contributed by atoms with van der Waals surface area (Å²) in [5, 5.41) is 20.3. The Hall–Kier alpha value is -2.30. The van der Waals surface area contributed by atoms with E-state index >= 15 is 0 Å². The van der Waals surface area contributed by atoms with Crippen molar-refractivity contribution >= 4 is 23.0 Å². The Morgan fingerprint density at radius 1 is 1.35 bits per heavy atom. The van der Waals surface area contributed by atoms with Crippen LogP contribution in [0.15, 0.2) is 12.7 Å². The van der Waals surface area contributed by atoms with Gasteiger partial charge in [-0.3, -0.25) is 4.57 Å². The Balaban J connectivity index is 1.91. The molecule has 0 spiro atoms. The highest BCUT2D eigenvalue weighted by Gasteiger charge is 2.48. The van der Waals surface area contributed by atoms with Crippen molar-refractivity contribution in [3.63, 3.8) is 0 Å². The van der Waals surface area contributed by atoms with Gasteiger partial charge in [0.15, 0.2) is 23.8 Å². The number of nitrogen functional groups attached to an aromatic ring is 1. The van der Waals surface area contributed by atoms with Crippen LogP contribution in [0.1, 0.15) is 20.1 Å². The zero-order chi connectivity index (χ0) is 16.7. The Bertz CT molecular complexity index is 733. The summed E-state index contributed by atoms with van der Waals surface area (Å²) in [7, 11) is 0. The maximum absolute atomic E-state index is 12.0. The third kappa shape index (κ3) is 2.60. The number of rotatable bonds is 3. The number of ether oxygens (including phenoxy) is 2. The summed E-state index contributed by atoms with van der Waals surface area (Å²) in [5.41, 5.74) is 6.37. The molecule has 1 saturated heterocycles. The molecule has 10 heteroatoms. The summed E-state index contributed by atoms with van der Waals surface area (Å²) in [5.74, 6) is -0.565. The van der Waals surface area contributed by atoms with E-state index in [2.05, 4.69) is 15.0 Å². The quantitative estimate of drug-likeness (QED) is 0.604. The van der Waals surface area contributed by atoms with Crippen LogP contribution < -0.4 is 5.73 Å². The Morgan fingerprint density at radius 2 is 2.09 bits per heavy atom. The molecule has 2 aromatic rings. The average Bonchev–Trinajstić information content (AvgIpc) is 3.02. The van der Waals surface area contributed by atoms with Gasteiger partial charge < -0.3 is 25.4 Å². The molecule has 0 radical (unpaired) electrons. The first-order valence-electron chi connectivity index (χ1n) is 7.05. The highest BCUT2D eigenvalue weighted by Crippen LogP contribution is 2.32. The fourth-order valence-corrected chi connectivity index (χ4v) is 2.44. The number of fused-ring (bicyclic) bond motifs is 1. The van der Waals surface area contributed by atoms with Crippen molar-refractivity contribution in [2.24, 2.45) is 0 Å². The van der Waals surface area contributed by atoms with E-state index in [9.17, 15) is 15.0 Å². The van der Waals surface area contributed by atoms with Crippen molar-refractivity contribution in [3.05, 3.63) is 12.7 Å². The van der Waals surface area contributed by atoms with Crippen LogP contribution in [-0.4, -0.2) is 60.1 Å². The molecule has 0 aromatic carbocycles. The number of carbonyl (C=O) groups is 1. The van der Waals surface area contributed by atoms with Gasteiger partial charge in [-0.25, -0.2) is 19.7 Å². The molecule has 0 aliphatic carbocycles. The second kappa shape index (κ2) is 5.72. The molecule has 0 amide bonds. The minimum Gasteiger partial charge on any atom is -0.461 e. The van der Waals surface area contributed by atoms with Gasteiger partial charge in [0.1, 0.15) is 24.1 Å². The number of nitrogens with zero attached hydrogens (tertiary/aromatic N) is 4. The van der Waals surface area contributed by atoms with Crippen LogP contribution in [0, 0.1) is 0 Å². The maximum Gasteiger partial charge on any atom is 0.338 e. The van der Waals surface area contributed by atoms with Crippen molar-refractivity contribution in [2.45, 2.75) is 44.5 Å². The number of anilines is 1. The largest absolute Gasteiger partial charge is 0.461 e. The summed E-state index contributed by atoms with van der Waals surface area (Å²) in [6, 6.07) is 0. The van der Waals surface area contributed by atoms with Gasteiger partial charge in [-0.2, -0.15) is 0 Å². The molecule has 0 bridgehead atoms. The number of carbonyl (C=O) groups excluding carboxylic acids is 1. The molecule has 1 aliphatic heterocycles. The summed E-state index contributed by atoms with van der Waals surface area (Å²) < 4.78 is 11.9. The zero-order valence-electron chi connectivity index (χ0n) is 12.5. The van der Waals surface area contributed by atoms with Gasteiger partial charge in [0, 0.05) is 0 Å². The van der Waals surface area contributed by atoms with E-state index in [1.807, 2.05) is 0 Å². The third-order valence-electron chi connectivity index (χ3n) is 3.48. The number of nitrogens with two attached hydrogens (primary N) is 1. The molecule has 1 fully saturated rings. The third-order valence-corrected chi connectivity index (χ3v) is 3.48. The lowest BCUT2D eigenvalue weighted by molar-refractivity contribution is -0.165. The van der Waals surface area contributed by atoms with Crippen LogP contribution in [0.25, 0.3) is 11.2 Å². The summed E-state index contributed by atoms with van der Waals surface area (Å²) in [6.45, 7) is 3.35. The van der Waals surface area contributed by atoms with Crippen molar-refractivity contribution in [2.75, 3.05) is 5.73 Å². The minimum atomic E-state index is -1.43. The van der Waals surface area contributed by atoms with Crippen LogP contribution in [0.5, 0.6) is 0 Å². The van der Waals surface area contributed by atoms with Crippen molar-refractivity contribution in [1.82, 2.24) is 19.5 Å². The number of aromatic nitrogens is 4. The highest BCUT2D eigenvalue weighted by molar-refractivity contribution is 5.81. The fourth-order valence-electron chi connectivity index (χ4n) is 2.44. The first-order valence-corrected chi connectivity index (χ1v) is 7.05. The lowest BCUT2D eigenvalue weighted by Crippen LogP contribution is -2.37. The maximum atomic E-state index is 12.0. The molecular formula is C13H17N5O5. The Morgan fingerprint density at radius 3 is 2.78 bits per heavy atom. The monoisotopic (exact) mass is 323 g/mol. The van der Waals surface area contributed by atoms with Crippen LogP contribution in [0.3, 0.4) is 0 Å². The lowest BCUT2D eigenvalue weighted by Gasteiger charge is -2.16. The Labute approximate surface area is 130 Å². The van der Waals surface area contributed by atoms with E-state index in [0.717, 1.165) is 0 Å². The van der Waals surface area contributed by atoms with Crippen molar-refractivity contribution < 1.29 is 24.5 Å². The van der Waals surface area contributed by atoms with Gasteiger partial charge in [0.05, 0.1) is 12.4 Å². The molecule has 1 aliphatic rings. The van der Waals surface area contributed by atoms with Gasteiger partial charge in [0.2, 0.25) is 0 Å². The molecule has 23 heavy (non-hydrogen) atoms. The lowest BCUT2D eigenvalue weighted by atomic mass is 10.1. The summed E-state index contributed by atoms with van der Waals surface area (Å²) in [6.07, 6.45) is -2.89. The first kappa shape index (κ1) is 15.6. The molecule has 124 valence electrons. The summed E-state index contributed by atoms with van der Waals surface area (Å²) in [4.78, 5) is 23.9. The predicted octanol–water partition coefficient (Wildman–Crippen LogP) is -1.02. The van der Waals surface area contributed by atoms with Crippen LogP contribution >= 0.6 is 0 Å². The summed E-state index contributed by atoms with van der Waals surface area (Å²) >= 11 is 0. The van der Waals surface area contributed by atoms with Crippen molar-refractivity contribution in [1.29, 1.82) is 0 Å². The normalized spacial score (nSPS) is 27.7. The predicted molar refractivity (Wildman–Crippen MR) is 76.9 cm³/mol. The SMILES string of the molecule is CC(C)OC(=O)C1OC(n2cnc3c(N)ncnc32)C(O)C1O. The average molecular weight is 323 g/mol. The van der Waals surface area contributed by atoms with Gasteiger partial charge in [-0.15, -0.1) is 0 Å². The van der Waals surface area contributed by atoms with Gasteiger partial charge >= 0.3 is 5.97 Å². The number of hydrogen-bond acceptors (Lipinski definition) is 9. The molecular weight excluding hydrogens is 306 g/mol. The minimum absolute atomic E-state index is 0.178. The van der Waals surface area contributed by atoms with E-state index < -0.39 is 30.5 Å². The van der Waals surface area contributed by atoms with E-state index in [0.29, 0.717) is 11.2 Å². The topological polar surface area (TPSA) is 146 Å². The van der Waals surface area contributed by atoms with E-state index in [1.54, 1.807) is 13.8 Å². The second-order valence-electron chi connectivity index (χ2n) is 5.50. The van der Waals surface area contributed by atoms with Crippen LogP contribution in [0.4, 0.5) is 5.82 Å².